The number of amides is 2. The quantitative estimate of drug-likeness (QED) is 0.484. The van der Waals surface area contributed by atoms with Crippen molar-refractivity contribution in [3.8, 4) is 23.1 Å². The first-order valence-electron chi connectivity index (χ1n) is 11.6. The third-order valence-electron chi connectivity index (χ3n) is 5.04. The highest BCUT2D eigenvalue weighted by atomic mass is 19.1. The molecule has 34 heavy (non-hydrogen) atoms. The highest BCUT2D eigenvalue weighted by Gasteiger charge is 2.30. The minimum absolute atomic E-state index is 0.0193. The fourth-order valence-corrected chi connectivity index (χ4v) is 3.27. The van der Waals surface area contributed by atoms with E-state index in [2.05, 4.69) is 25.8 Å². The lowest BCUT2D eigenvalue weighted by Gasteiger charge is -2.17. The van der Waals surface area contributed by atoms with Crippen molar-refractivity contribution in [2.75, 3.05) is 24.7 Å². The van der Waals surface area contributed by atoms with Crippen LogP contribution in [-0.4, -0.2) is 41.1 Å². The molecule has 0 aliphatic heterocycles. The van der Waals surface area contributed by atoms with Gasteiger partial charge in [0.1, 0.15) is 11.9 Å². The Morgan fingerprint density at radius 2 is 2.09 bits per heavy atom. The standard InChI is InChI=1S/C23H20FN7O3/c1-26-23(33)20-17(9-18(30-31-20)29-22(32)12-6-7-12)28-16-5-3-4-15(21(16)34-2)19-13(10-25)8-14(24)11-27-19/h3-5,8-9,11-12H,6-7H2,1-2H3,(H,26,33)(H2,28,29,30,32)/i1D3. The van der Waals surface area contributed by atoms with Crippen molar-refractivity contribution in [3.05, 3.63) is 53.6 Å². The third-order valence-corrected chi connectivity index (χ3v) is 5.04. The number of halogens is 1. The summed E-state index contributed by atoms with van der Waals surface area (Å²) in [4.78, 5) is 28.9. The average molecular weight is 464 g/mol. The van der Waals surface area contributed by atoms with Crippen molar-refractivity contribution in [3.63, 3.8) is 0 Å². The Morgan fingerprint density at radius 1 is 1.26 bits per heavy atom. The van der Waals surface area contributed by atoms with E-state index in [1.807, 2.05) is 11.4 Å². The summed E-state index contributed by atoms with van der Waals surface area (Å²) < 4.78 is 41.2. The molecule has 0 bridgehead atoms. The van der Waals surface area contributed by atoms with E-state index in [9.17, 15) is 19.2 Å². The second-order valence-corrected chi connectivity index (χ2v) is 7.38. The lowest BCUT2D eigenvalue weighted by molar-refractivity contribution is -0.117. The Morgan fingerprint density at radius 3 is 2.79 bits per heavy atom. The largest absolute Gasteiger partial charge is 0.494 e. The molecule has 1 fully saturated rings. The van der Waals surface area contributed by atoms with E-state index in [4.69, 9.17) is 8.85 Å². The molecule has 2 heterocycles. The zero-order valence-corrected chi connectivity index (χ0v) is 17.8. The molecule has 10 nitrogen and oxygen atoms in total. The van der Waals surface area contributed by atoms with Gasteiger partial charge in [-0.15, -0.1) is 10.2 Å². The van der Waals surface area contributed by atoms with E-state index >= 15 is 0 Å². The highest BCUT2D eigenvalue weighted by Crippen LogP contribution is 2.39. The maximum atomic E-state index is 13.6. The number of hydrogen-bond donors (Lipinski definition) is 3. The number of benzene rings is 1. The van der Waals surface area contributed by atoms with Crippen LogP contribution in [0.25, 0.3) is 11.3 Å². The SMILES string of the molecule is [2H]C([2H])([2H])NC(=O)c1nnc(NC(=O)C2CC2)cc1Nc1cccc(-c2ncc(F)cc2C#N)c1OC. The zero-order valence-electron chi connectivity index (χ0n) is 20.8. The molecule has 4 rings (SSSR count). The number of nitrogens with one attached hydrogen (secondary N) is 3. The monoisotopic (exact) mass is 464 g/mol. The third kappa shape index (κ3) is 4.61. The summed E-state index contributed by atoms with van der Waals surface area (Å²) in [5.74, 6) is -1.83. The number of carbonyl (C=O) groups excluding carboxylic acids is 2. The highest BCUT2D eigenvalue weighted by molar-refractivity contribution is 6.00. The molecule has 0 spiro atoms. The van der Waals surface area contributed by atoms with Crippen LogP contribution in [0, 0.1) is 23.1 Å². The van der Waals surface area contributed by atoms with Gasteiger partial charge in [-0.2, -0.15) is 5.26 Å². The van der Waals surface area contributed by atoms with E-state index in [0.717, 1.165) is 25.1 Å². The lowest BCUT2D eigenvalue weighted by Crippen LogP contribution is -2.22. The summed E-state index contributed by atoms with van der Waals surface area (Å²) in [6.45, 7) is -2.78. The van der Waals surface area contributed by atoms with Crippen molar-refractivity contribution in [1.82, 2.24) is 20.5 Å². The fourth-order valence-electron chi connectivity index (χ4n) is 3.27. The molecule has 2 amide bonds. The van der Waals surface area contributed by atoms with Gasteiger partial charge in [0.05, 0.1) is 35.9 Å². The first-order chi connectivity index (χ1) is 17.6. The summed E-state index contributed by atoms with van der Waals surface area (Å²) in [7, 11) is 1.37. The Bertz CT molecular complexity index is 1420. The maximum Gasteiger partial charge on any atom is 0.273 e. The van der Waals surface area contributed by atoms with E-state index in [1.165, 1.54) is 13.2 Å². The second kappa shape index (κ2) is 9.50. The van der Waals surface area contributed by atoms with Crippen LogP contribution in [0.5, 0.6) is 5.75 Å². The molecule has 0 saturated heterocycles. The van der Waals surface area contributed by atoms with Gasteiger partial charge in [0, 0.05) is 28.6 Å². The predicted molar refractivity (Wildman–Crippen MR) is 121 cm³/mol. The number of methoxy groups -OCH3 is 1. The zero-order chi connectivity index (χ0) is 26.7. The Kier molecular flexibility index (Phi) is 5.29. The molecule has 2 aromatic heterocycles. The van der Waals surface area contributed by atoms with Crippen LogP contribution in [0.1, 0.15) is 33.0 Å². The number of nitrogens with zero attached hydrogens (tertiary/aromatic N) is 4. The number of pyridine rings is 1. The summed E-state index contributed by atoms with van der Waals surface area (Å²) >= 11 is 0. The topological polar surface area (TPSA) is 142 Å². The molecular formula is C23H20FN7O3. The summed E-state index contributed by atoms with van der Waals surface area (Å²) in [6.07, 6.45) is 2.49. The van der Waals surface area contributed by atoms with Crippen LogP contribution < -0.4 is 20.7 Å². The number of nitriles is 1. The van der Waals surface area contributed by atoms with Crippen molar-refractivity contribution in [2.24, 2.45) is 5.92 Å². The molecule has 11 heteroatoms. The maximum absolute atomic E-state index is 13.6. The minimum atomic E-state index is -2.78. The van der Waals surface area contributed by atoms with Gasteiger partial charge in [-0.1, -0.05) is 6.07 Å². The van der Waals surface area contributed by atoms with Gasteiger partial charge in [0.25, 0.3) is 5.91 Å². The van der Waals surface area contributed by atoms with Gasteiger partial charge in [-0.3, -0.25) is 14.6 Å². The van der Waals surface area contributed by atoms with Crippen LogP contribution >= 0.6 is 0 Å². The molecule has 3 N–H and O–H groups in total. The van der Waals surface area contributed by atoms with Gasteiger partial charge in [0.15, 0.2) is 17.3 Å². The molecule has 1 aromatic carbocycles. The van der Waals surface area contributed by atoms with Gasteiger partial charge < -0.3 is 20.7 Å². The van der Waals surface area contributed by atoms with Crippen LogP contribution in [0.3, 0.4) is 0 Å². The first-order valence-corrected chi connectivity index (χ1v) is 10.1. The van der Waals surface area contributed by atoms with Crippen LogP contribution in [0.2, 0.25) is 0 Å². The number of rotatable bonds is 7. The minimum Gasteiger partial charge on any atom is -0.494 e. The Hall–Kier alpha value is -4.59. The van der Waals surface area contributed by atoms with Crippen LogP contribution in [-0.2, 0) is 4.79 Å². The number of para-hydroxylation sites is 1. The Balaban J connectivity index is 1.77. The van der Waals surface area contributed by atoms with Crippen molar-refractivity contribution in [2.45, 2.75) is 12.8 Å². The van der Waals surface area contributed by atoms with E-state index in [-0.39, 0.29) is 51.7 Å². The number of anilines is 3. The number of carbonyl (C=O) groups is 2. The van der Waals surface area contributed by atoms with Crippen LogP contribution in [0.4, 0.5) is 21.6 Å². The van der Waals surface area contributed by atoms with E-state index in [0.29, 0.717) is 5.56 Å². The summed E-state index contributed by atoms with van der Waals surface area (Å²) in [5.41, 5.74) is 0.433. The lowest BCUT2D eigenvalue weighted by atomic mass is 10.0. The van der Waals surface area contributed by atoms with Gasteiger partial charge >= 0.3 is 0 Å². The molecule has 0 atom stereocenters. The molecule has 1 saturated carbocycles. The molecule has 0 unspecified atom stereocenters. The molecule has 172 valence electrons. The number of hydrogen-bond acceptors (Lipinski definition) is 8. The van der Waals surface area contributed by atoms with Gasteiger partial charge in [0.2, 0.25) is 5.91 Å². The first kappa shape index (κ1) is 18.9. The van der Waals surface area contributed by atoms with Crippen molar-refractivity contribution >= 4 is 29.0 Å². The second-order valence-electron chi connectivity index (χ2n) is 7.38. The van der Waals surface area contributed by atoms with Crippen molar-refractivity contribution in [1.29, 1.82) is 5.26 Å². The van der Waals surface area contributed by atoms with Crippen LogP contribution in [0.15, 0.2) is 36.5 Å². The summed E-state index contributed by atoms with van der Waals surface area (Å²) in [6, 6.07) is 9.09. The predicted octanol–water partition coefficient (Wildman–Crippen LogP) is 3.01. The fraction of sp³-hybridized carbons (Fsp3) is 0.217. The number of aromatic nitrogens is 3. The van der Waals surface area contributed by atoms with Gasteiger partial charge in [-0.25, -0.2) is 4.39 Å². The number of ether oxygens (including phenoxy) is 1. The van der Waals surface area contributed by atoms with Crippen molar-refractivity contribution < 1.29 is 22.8 Å². The summed E-state index contributed by atoms with van der Waals surface area (Å²) in [5, 5.41) is 24.6. The normalized spacial score (nSPS) is 14.1. The van der Waals surface area contributed by atoms with Gasteiger partial charge in [-0.05, 0) is 31.0 Å². The smallest absolute Gasteiger partial charge is 0.273 e. The molecule has 0 radical (unpaired) electrons. The van der Waals surface area contributed by atoms with E-state index in [1.54, 1.807) is 18.2 Å². The molecule has 1 aliphatic carbocycles. The Labute approximate surface area is 198 Å². The molecule has 3 aromatic rings. The molecule has 1 aliphatic rings. The van der Waals surface area contributed by atoms with E-state index < -0.39 is 18.7 Å². The average Bonchev–Trinajstić information content (AvgIpc) is 3.68. The molecular weight excluding hydrogens is 441 g/mol.